The molecule has 1 amide bonds. The minimum atomic E-state index is -0.856. The number of carbonyl (C=O) groups excluding carboxylic acids is 1. The molecule has 5 nitrogen and oxygen atoms in total. The van der Waals surface area contributed by atoms with Crippen LogP contribution >= 0.6 is 11.8 Å². The molecule has 2 N–H and O–H groups in total. The Balaban J connectivity index is 2.83. The monoisotopic (exact) mass is 283 g/mol. The third-order valence-corrected chi connectivity index (χ3v) is 3.78. The maximum atomic E-state index is 11.5. The summed E-state index contributed by atoms with van der Waals surface area (Å²) in [6.45, 7) is 1.78. The van der Waals surface area contributed by atoms with Crippen LogP contribution in [-0.4, -0.2) is 35.9 Å². The van der Waals surface area contributed by atoms with Crippen molar-refractivity contribution in [2.75, 3.05) is 19.0 Å². The summed E-state index contributed by atoms with van der Waals surface area (Å²) < 4.78 is 4.74. The molecule has 0 radical (unpaired) electrons. The quantitative estimate of drug-likeness (QED) is 0.750. The molecule has 1 atom stereocenters. The van der Waals surface area contributed by atoms with Crippen LogP contribution in [0.15, 0.2) is 29.2 Å². The lowest BCUT2D eigenvalue weighted by Crippen LogP contribution is -2.18. The Bertz CT molecular complexity index is 450. The van der Waals surface area contributed by atoms with Crippen LogP contribution in [0.25, 0.3) is 0 Å². The molecule has 1 aromatic carbocycles. The van der Waals surface area contributed by atoms with Gasteiger partial charge < -0.3 is 15.2 Å². The first kappa shape index (κ1) is 15.5. The van der Waals surface area contributed by atoms with Gasteiger partial charge in [-0.05, 0) is 18.6 Å². The zero-order valence-electron chi connectivity index (χ0n) is 10.9. The highest BCUT2D eigenvalue weighted by Crippen LogP contribution is 2.31. The SMILES string of the molecule is CC[C@@H](Sc1ccccc1NC(=O)COC)C(=O)O. The fourth-order valence-corrected chi connectivity index (χ4v) is 2.43. The number of carbonyl (C=O) groups is 2. The molecule has 0 aromatic heterocycles. The maximum Gasteiger partial charge on any atom is 0.316 e. The first-order valence-corrected chi connectivity index (χ1v) is 6.73. The molecule has 6 heteroatoms. The highest BCUT2D eigenvalue weighted by molar-refractivity contribution is 8.00. The lowest BCUT2D eigenvalue weighted by Gasteiger charge is -2.13. The number of para-hydroxylation sites is 1. The number of aliphatic carboxylic acids is 1. The zero-order chi connectivity index (χ0) is 14.3. The van der Waals surface area contributed by atoms with Gasteiger partial charge in [-0.1, -0.05) is 19.1 Å². The van der Waals surface area contributed by atoms with Crippen LogP contribution in [-0.2, 0) is 14.3 Å². The maximum absolute atomic E-state index is 11.5. The van der Waals surface area contributed by atoms with Crippen molar-refractivity contribution in [1.29, 1.82) is 0 Å². The topological polar surface area (TPSA) is 75.6 Å². The van der Waals surface area contributed by atoms with Crippen molar-refractivity contribution in [1.82, 2.24) is 0 Å². The predicted molar refractivity (Wildman–Crippen MR) is 74.5 cm³/mol. The molecule has 0 fully saturated rings. The van der Waals surface area contributed by atoms with Gasteiger partial charge in [-0.25, -0.2) is 0 Å². The first-order chi connectivity index (χ1) is 9.08. The van der Waals surface area contributed by atoms with E-state index in [-0.39, 0.29) is 12.5 Å². The number of anilines is 1. The van der Waals surface area contributed by atoms with Gasteiger partial charge in [-0.2, -0.15) is 0 Å². The molecule has 0 saturated heterocycles. The number of amides is 1. The van der Waals surface area contributed by atoms with Gasteiger partial charge in [0.05, 0.1) is 5.69 Å². The molecule has 19 heavy (non-hydrogen) atoms. The van der Waals surface area contributed by atoms with Gasteiger partial charge in [0.25, 0.3) is 0 Å². The van der Waals surface area contributed by atoms with Crippen LogP contribution in [0.2, 0.25) is 0 Å². The van der Waals surface area contributed by atoms with E-state index >= 15 is 0 Å². The van der Waals surface area contributed by atoms with E-state index < -0.39 is 11.2 Å². The van der Waals surface area contributed by atoms with Gasteiger partial charge in [-0.3, -0.25) is 9.59 Å². The van der Waals surface area contributed by atoms with E-state index in [2.05, 4.69) is 5.32 Å². The highest BCUT2D eigenvalue weighted by atomic mass is 32.2. The standard InChI is InChI=1S/C13H17NO4S/c1-3-10(13(16)17)19-11-7-5-4-6-9(11)14-12(15)8-18-2/h4-7,10H,3,8H2,1-2H3,(H,14,15)(H,16,17)/t10-/m1/s1. The van der Waals surface area contributed by atoms with Crippen molar-refractivity contribution < 1.29 is 19.4 Å². The average molecular weight is 283 g/mol. The molecular formula is C13H17NO4S. The summed E-state index contributed by atoms with van der Waals surface area (Å²) in [5, 5.41) is 11.2. The van der Waals surface area contributed by atoms with Gasteiger partial charge in [0, 0.05) is 12.0 Å². The van der Waals surface area contributed by atoms with Gasteiger partial charge in [-0.15, -0.1) is 11.8 Å². The number of hydrogen-bond acceptors (Lipinski definition) is 4. The fourth-order valence-electron chi connectivity index (χ4n) is 1.45. The summed E-state index contributed by atoms with van der Waals surface area (Å²) >= 11 is 1.23. The molecule has 0 heterocycles. The summed E-state index contributed by atoms with van der Waals surface area (Å²) in [5.74, 6) is -1.12. The summed E-state index contributed by atoms with van der Waals surface area (Å²) in [6.07, 6.45) is 0.514. The van der Waals surface area contributed by atoms with Crippen molar-refractivity contribution in [3.8, 4) is 0 Å². The van der Waals surface area contributed by atoms with Crippen molar-refractivity contribution in [2.24, 2.45) is 0 Å². The van der Waals surface area contributed by atoms with E-state index in [1.54, 1.807) is 18.2 Å². The molecule has 1 aromatic rings. The van der Waals surface area contributed by atoms with Crippen LogP contribution in [0.1, 0.15) is 13.3 Å². The number of hydrogen-bond donors (Lipinski definition) is 2. The Labute approximate surface area is 116 Å². The van der Waals surface area contributed by atoms with E-state index in [1.807, 2.05) is 13.0 Å². The van der Waals surface area contributed by atoms with Gasteiger partial charge in [0.15, 0.2) is 0 Å². The van der Waals surface area contributed by atoms with E-state index in [0.717, 1.165) is 4.90 Å². The molecule has 0 aliphatic carbocycles. The summed E-state index contributed by atoms with van der Waals surface area (Å²) in [5.41, 5.74) is 0.606. The van der Waals surface area contributed by atoms with Gasteiger partial charge >= 0.3 is 5.97 Å². The summed E-state index contributed by atoms with van der Waals surface area (Å²) in [7, 11) is 1.44. The average Bonchev–Trinajstić information content (AvgIpc) is 2.37. The Morgan fingerprint density at radius 3 is 2.68 bits per heavy atom. The van der Waals surface area contributed by atoms with Crippen LogP contribution in [0, 0.1) is 0 Å². The molecule has 1 rings (SSSR count). The van der Waals surface area contributed by atoms with Crippen LogP contribution < -0.4 is 5.32 Å². The molecule has 0 spiro atoms. The Morgan fingerprint density at radius 1 is 1.42 bits per heavy atom. The second-order valence-corrected chi connectivity index (χ2v) is 5.07. The summed E-state index contributed by atoms with van der Waals surface area (Å²) in [4.78, 5) is 23.3. The first-order valence-electron chi connectivity index (χ1n) is 5.85. The molecule has 0 unspecified atom stereocenters. The van der Waals surface area contributed by atoms with Crippen molar-refractivity contribution >= 4 is 29.3 Å². The zero-order valence-corrected chi connectivity index (χ0v) is 11.7. The number of carboxylic acids is 1. The molecular weight excluding hydrogens is 266 g/mol. The van der Waals surface area contributed by atoms with Crippen molar-refractivity contribution in [3.63, 3.8) is 0 Å². The summed E-state index contributed by atoms with van der Waals surface area (Å²) in [6, 6.07) is 7.13. The molecule has 0 aliphatic heterocycles. The number of methoxy groups -OCH3 is 1. The number of carboxylic acid groups (broad SMARTS) is 1. The Kier molecular flexibility index (Phi) is 6.38. The lowest BCUT2D eigenvalue weighted by atomic mass is 10.3. The number of ether oxygens (including phenoxy) is 1. The number of rotatable bonds is 7. The van der Waals surface area contributed by atoms with E-state index in [1.165, 1.54) is 18.9 Å². The van der Waals surface area contributed by atoms with Crippen molar-refractivity contribution in [3.05, 3.63) is 24.3 Å². The van der Waals surface area contributed by atoms with Crippen LogP contribution in [0.5, 0.6) is 0 Å². The molecule has 0 saturated carbocycles. The largest absolute Gasteiger partial charge is 0.480 e. The molecule has 0 aliphatic rings. The van der Waals surface area contributed by atoms with Crippen molar-refractivity contribution in [2.45, 2.75) is 23.5 Å². The molecule has 104 valence electrons. The highest BCUT2D eigenvalue weighted by Gasteiger charge is 2.18. The van der Waals surface area contributed by atoms with Gasteiger partial charge in [0.2, 0.25) is 5.91 Å². The Morgan fingerprint density at radius 2 is 2.11 bits per heavy atom. The lowest BCUT2D eigenvalue weighted by molar-refractivity contribution is -0.136. The predicted octanol–water partition coefficient (Wildman–Crippen LogP) is 2.23. The third-order valence-electron chi connectivity index (χ3n) is 2.35. The van der Waals surface area contributed by atoms with Gasteiger partial charge in [0.1, 0.15) is 11.9 Å². The second-order valence-electron chi connectivity index (χ2n) is 3.83. The number of benzene rings is 1. The normalized spacial score (nSPS) is 11.9. The van der Waals surface area contributed by atoms with Crippen LogP contribution in [0.4, 0.5) is 5.69 Å². The van der Waals surface area contributed by atoms with E-state index in [0.29, 0.717) is 12.1 Å². The van der Waals surface area contributed by atoms with E-state index in [4.69, 9.17) is 9.84 Å². The second kappa shape index (κ2) is 7.81. The number of nitrogens with one attached hydrogen (secondary N) is 1. The third kappa shape index (κ3) is 4.92. The minimum absolute atomic E-state index is 0.0326. The minimum Gasteiger partial charge on any atom is -0.480 e. The number of thioether (sulfide) groups is 1. The Hall–Kier alpha value is -1.53. The van der Waals surface area contributed by atoms with Crippen LogP contribution in [0.3, 0.4) is 0 Å². The smallest absolute Gasteiger partial charge is 0.316 e. The molecule has 0 bridgehead atoms. The fraction of sp³-hybridized carbons (Fsp3) is 0.385. The van der Waals surface area contributed by atoms with E-state index in [9.17, 15) is 9.59 Å².